The summed E-state index contributed by atoms with van der Waals surface area (Å²) < 4.78 is 0. The van der Waals surface area contributed by atoms with Crippen LogP contribution in [-0.4, -0.2) is 50.0 Å². The van der Waals surface area contributed by atoms with Crippen molar-refractivity contribution in [3.05, 3.63) is 35.4 Å². The zero-order valence-electron chi connectivity index (χ0n) is 11.6. The van der Waals surface area contributed by atoms with Crippen LogP contribution in [-0.2, 0) is 16.0 Å². The van der Waals surface area contributed by atoms with E-state index in [4.69, 9.17) is 0 Å². The molecule has 0 aliphatic heterocycles. The number of aliphatic carboxylic acids is 1. The van der Waals surface area contributed by atoms with E-state index >= 15 is 0 Å². The van der Waals surface area contributed by atoms with Gasteiger partial charge in [0, 0.05) is 6.42 Å². The summed E-state index contributed by atoms with van der Waals surface area (Å²) in [4.78, 5) is 23.4. The van der Waals surface area contributed by atoms with Gasteiger partial charge in [-0.2, -0.15) is 0 Å². The van der Waals surface area contributed by atoms with Crippen LogP contribution in [0.25, 0.3) is 0 Å². The van der Waals surface area contributed by atoms with E-state index in [0.29, 0.717) is 5.56 Å². The first kappa shape index (κ1) is 15.6. The minimum absolute atomic E-state index is 0.00824. The molecule has 4 atom stereocenters. The fourth-order valence-electron chi connectivity index (χ4n) is 2.67. The summed E-state index contributed by atoms with van der Waals surface area (Å²) in [7, 11) is 0. The smallest absolute Gasteiger partial charge is 0.336 e. The molecule has 0 bridgehead atoms. The van der Waals surface area contributed by atoms with Gasteiger partial charge in [-0.3, -0.25) is 4.79 Å². The average Bonchev–Trinajstić information content (AvgIpc) is 2.43. The molecule has 4 N–H and O–H groups in total. The molecular formula is C15H18O6. The molecule has 0 amide bonds. The number of aliphatic hydroxyl groups excluding tert-OH is 2. The molecule has 1 fully saturated rings. The van der Waals surface area contributed by atoms with Gasteiger partial charge in [-0.05, 0) is 18.9 Å². The van der Waals surface area contributed by atoms with Crippen molar-refractivity contribution >= 4 is 11.8 Å². The Morgan fingerprint density at radius 2 is 1.86 bits per heavy atom. The van der Waals surface area contributed by atoms with Gasteiger partial charge in [0.1, 0.15) is 6.10 Å². The predicted octanol–water partition coefficient (Wildman–Crippen LogP) is -0.336. The summed E-state index contributed by atoms with van der Waals surface area (Å²) in [5, 5.41) is 38.7. The first-order valence-electron chi connectivity index (χ1n) is 6.67. The van der Waals surface area contributed by atoms with E-state index in [1.54, 1.807) is 12.1 Å². The monoisotopic (exact) mass is 294 g/mol. The lowest BCUT2D eigenvalue weighted by Gasteiger charge is -2.39. The Morgan fingerprint density at radius 1 is 1.29 bits per heavy atom. The van der Waals surface area contributed by atoms with Gasteiger partial charge < -0.3 is 20.4 Å². The zero-order chi connectivity index (χ0) is 15.8. The molecule has 0 aromatic heterocycles. The molecule has 0 saturated heterocycles. The lowest BCUT2D eigenvalue weighted by molar-refractivity contribution is -0.187. The maximum absolute atomic E-state index is 12.1. The molecule has 1 unspecified atom stereocenters. The number of carbonyl (C=O) groups is 2. The van der Waals surface area contributed by atoms with E-state index in [0.717, 1.165) is 5.56 Å². The molecule has 21 heavy (non-hydrogen) atoms. The summed E-state index contributed by atoms with van der Waals surface area (Å²) >= 11 is 0. The van der Waals surface area contributed by atoms with Gasteiger partial charge >= 0.3 is 5.97 Å². The van der Waals surface area contributed by atoms with Gasteiger partial charge in [-0.15, -0.1) is 0 Å². The second-order valence-corrected chi connectivity index (χ2v) is 5.59. The van der Waals surface area contributed by atoms with Gasteiger partial charge in [-0.1, -0.05) is 29.8 Å². The molecule has 0 radical (unpaired) electrons. The minimum Gasteiger partial charge on any atom is -0.479 e. The number of benzene rings is 1. The van der Waals surface area contributed by atoms with Crippen LogP contribution in [0, 0.1) is 12.8 Å². The van der Waals surface area contributed by atoms with Crippen LogP contribution in [0.1, 0.15) is 17.5 Å². The van der Waals surface area contributed by atoms with Crippen LogP contribution < -0.4 is 0 Å². The second kappa shape index (κ2) is 5.55. The fraction of sp³-hybridized carbons (Fsp3) is 0.467. The highest BCUT2D eigenvalue weighted by atomic mass is 16.4. The van der Waals surface area contributed by atoms with Gasteiger partial charge in [0.2, 0.25) is 0 Å². The van der Waals surface area contributed by atoms with Crippen LogP contribution in [0.4, 0.5) is 0 Å². The van der Waals surface area contributed by atoms with Gasteiger partial charge in [0.15, 0.2) is 11.4 Å². The molecule has 2 rings (SSSR count). The third-order valence-electron chi connectivity index (χ3n) is 4.03. The summed E-state index contributed by atoms with van der Waals surface area (Å²) in [6, 6.07) is 7.10. The van der Waals surface area contributed by atoms with Gasteiger partial charge in [0.25, 0.3) is 0 Å². The molecular weight excluding hydrogens is 276 g/mol. The fourth-order valence-corrected chi connectivity index (χ4v) is 2.67. The third-order valence-corrected chi connectivity index (χ3v) is 4.03. The highest BCUT2D eigenvalue weighted by Gasteiger charge is 2.55. The molecule has 0 heterocycles. The number of carbonyl (C=O) groups excluding carboxylic acids is 1. The van der Waals surface area contributed by atoms with E-state index in [9.17, 15) is 30.0 Å². The number of rotatable bonds is 3. The van der Waals surface area contributed by atoms with E-state index in [1.807, 2.05) is 19.1 Å². The van der Waals surface area contributed by atoms with Crippen LogP contribution in [0.2, 0.25) is 0 Å². The first-order chi connectivity index (χ1) is 9.75. The van der Waals surface area contributed by atoms with Crippen LogP contribution in [0.5, 0.6) is 0 Å². The molecule has 0 spiro atoms. The maximum atomic E-state index is 12.1. The van der Waals surface area contributed by atoms with Crippen molar-refractivity contribution in [1.82, 2.24) is 0 Å². The van der Waals surface area contributed by atoms with E-state index in [1.165, 1.54) is 0 Å². The number of Topliss-reactive ketones (excluding diaryl/α,β-unsaturated/α-hetero) is 1. The Kier molecular flexibility index (Phi) is 4.13. The van der Waals surface area contributed by atoms with Crippen LogP contribution >= 0.6 is 0 Å². The van der Waals surface area contributed by atoms with E-state index in [-0.39, 0.29) is 6.42 Å². The quantitative estimate of drug-likeness (QED) is 0.606. The summed E-state index contributed by atoms with van der Waals surface area (Å²) in [6.07, 6.45) is -3.83. The zero-order valence-corrected chi connectivity index (χ0v) is 11.6. The Balaban J connectivity index is 2.33. The molecule has 1 aliphatic carbocycles. The third kappa shape index (κ3) is 2.83. The normalized spacial score (nSPS) is 33.0. The van der Waals surface area contributed by atoms with Crippen molar-refractivity contribution in [2.24, 2.45) is 5.92 Å². The summed E-state index contributed by atoms with van der Waals surface area (Å²) in [5.74, 6) is -3.71. The number of ketones is 1. The van der Waals surface area contributed by atoms with Gasteiger partial charge in [-0.25, -0.2) is 4.79 Å². The van der Waals surface area contributed by atoms with Crippen molar-refractivity contribution in [1.29, 1.82) is 0 Å². The largest absolute Gasteiger partial charge is 0.479 e. The topological polar surface area (TPSA) is 115 Å². The van der Waals surface area contributed by atoms with Crippen LogP contribution in [0.15, 0.2) is 24.3 Å². The first-order valence-corrected chi connectivity index (χ1v) is 6.67. The molecule has 1 aliphatic rings. The van der Waals surface area contributed by atoms with Crippen molar-refractivity contribution in [3.8, 4) is 0 Å². The Hall–Kier alpha value is -1.76. The average molecular weight is 294 g/mol. The van der Waals surface area contributed by atoms with Crippen molar-refractivity contribution in [2.45, 2.75) is 37.6 Å². The molecule has 114 valence electrons. The number of hydrogen-bond donors (Lipinski definition) is 4. The highest BCUT2D eigenvalue weighted by molar-refractivity contribution is 5.94. The van der Waals surface area contributed by atoms with Crippen molar-refractivity contribution < 1.29 is 30.0 Å². The van der Waals surface area contributed by atoms with E-state index in [2.05, 4.69) is 0 Å². The lowest BCUT2D eigenvalue weighted by atomic mass is 9.69. The van der Waals surface area contributed by atoms with Crippen LogP contribution in [0.3, 0.4) is 0 Å². The number of aliphatic hydroxyl groups is 3. The second-order valence-electron chi connectivity index (χ2n) is 5.59. The molecule has 1 aromatic carbocycles. The maximum Gasteiger partial charge on any atom is 0.336 e. The minimum atomic E-state index is -2.37. The standard InChI is InChI=1S/C15H18O6/c1-8-2-4-9(5-3-8)6-10-12(17)13(18)11(16)7-15(10,21)14(19)20/h2-5,10-11,13,16,18,21H,6-7H2,1H3,(H,19,20)/t10-,11?,13-,15+/m0/s1. The molecule has 1 aromatic rings. The molecule has 6 heteroatoms. The highest BCUT2D eigenvalue weighted by Crippen LogP contribution is 2.34. The lowest BCUT2D eigenvalue weighted by Crippen LogP contribution is -2.61. The summed E-state index contributed by atoms with van der Waals surface area (Å²) in [6.45, 7) is 1.89. The number of aryl methyl sites for hydroxylation is 1. The Morgan fingerprint density at radius 3 is 2.38 bits per heavy atom. The number of hydrogen-bond acceptors (Lipinski definition) is 5. The molecule has 1 saturated carbocycles. The number of carboxylic acids is 1. The van der Waals surface area contributed by atoms with Crippen molar-refractivity contribution in [2.75, 3.05) is 0 Å². The number of carboxylic acid groups (broad SMARTS) is 1. The predicted molar refractivity (Wildman–Crippen MR) is 72.6 cm³/mol. The summed E-state index contributed by atoms with van der Waals surface area (Å²) in [5.41, 5.74) is -0.680. The molecule has 6 nitrogen and oxygen atoms in total. The van der Waals surface area contributed by atoms with E-state index < -0.39 is 41.9 Å². The SMILES string of the molecule is Cc1ccc(C[C@H]2C(=O)[C@@H](O)C(O)C[C@]2(O)C(=O)O)cc1. The Bertz CT molecular complexity index is 552. The van der Waals surface area contributed by atoms with Crippen molar-refractivity contribution in [3.63, 3.8) is 0 Å². The Labute approximate surface area is 121 Å². The van der Waals surface area contributed by atoms with Gasteiger partial charge in [0.05, 0.1) is 12.0 Å².